The van der Waals surface area contributed by atoms with Crippen LogP contribution in [0.5, 0.6) is 0 Å². The van der Waals surface area contributed by atoms with Gasteiger partial charge in [-0.25, -0.2) is 4.79 Å². The molecule has 1 fully saturated rings. The van der Waals surface area contributed by atoms with Crippen LogP contribution >= 0.6 is 0 Å². The van der Waals surface area contributed by atoms with Gasteiger partial charge in [0.15, 0.2) is 0 Å². The molecule has 1 aliphatic heterocycles. The van der Waals surface area contributed by atoms with Crippen molar-refractivity contribution in [3.05, 3.63) is 36.0 Å². The highest BCUT2D eigenvalue weighted by Crippen LogP contribution is 2.23. The third-order valence-electron chi connectivity index (χ3n) is 5.03. The van der Waals surface area contributed by atoms with Crippen LogP contribution in [-0.4, -0.2) is 40.8 Å². The summed E-state index contributed by atoms with van der Waals surface area (Å²) < 4.78 is 7.07. The molecule has 0 saturated carbocycles. The summed E-state index contributed by atoms with van der Waals surface area (Å²) in [5.74, 6) is 0. The van der Waals surface area contributed by atoms with Crippen LogP contribution in [0.15, 0.2) is 30.5 Å². The van der Waals surface area contributed by atoms with Gasteiger partial charge in [-0.1, -0.05) is 12.5 Å². The predicted molar refractivity (Wildman–Crippen MR) is 102 cm³/mol. The summed E-state index contributed by atoms with van der Waals surface area (Å²) in [7, 11) is 2.24. The number of piperidine rings is 1. The van der Waals surface area contributed by atoms with E-state index in [9.17, 15) is 4.79 Å². The van der Waals surface area contributed by atoms with Crippen LogP contribution in [0.25, 0.3) is 10.9 Å². The zero-order valence-corrected chi connectivity index (χ0v) is 15.9. The predicted octanol–water partition coefficient (Wildman–Crippen LogP) is 4.84. The van der Waals surface area contributed by atoms with E-state index in [0.717, 1.165) is 17.3 Å². The molecule has 0 N–H and O–H groups in total. The van der Waals surface area contributed by atoms with Crippen molar-refractivity contribution in [1.29, 1.82) is 0 Å². The van der Waals surface area contributed by atoms with Crippen LogP contribution in [0.3, 0.4) is 0 Å². The Morgan fingerprint density at radius 3 is 2.76 bits per heavy atom. The molecule has 1 aromatic carbocycles. The Hall–Kier alpha value is -1.81. The molecular weight excluding hydrogens is 312 g/mol. The van der Waals surface area contributed by atoms with Gasteiger partial charge in [-0.05, 0) is 83.8 Å². The van der Waals surface area contributed by atoms with Gasteiger partial charge in [0, 0.05) is 17.6 Å². The first-order chi connectivity index (χ1) is 11.8. The molecule has 3 rings (SSSR count). The molecular formula is C21H30N2O2. The maximum Gasteiger partial charge on any atom is 0.418 e. The number of aryl methyl sites for hydroxylation is 1. The van der Waals surface area contributed by atoms with Crippen molar-refractivity contribution >= 4 is 17.0 Å². The molecule has 0 spiro atoms. The lowest BCUT2D eigenvalue weighted by Gasteiger charge is -2.32. The van der Waals surface area contributed by atoms with E-state index in [1.54, 1.807) is 10.8 Å². The van der Waals surface area contributed by atoms with Gasteiger partial charge in [0.25, 0.3) is 0 Å². The Labute approximate surface area is 150 Å². The van der Waals surface area contributed by atoms with Gasteiger partial charge in [0.1, 0.15) is 5.60 Å². The SMILES string of the molecule is CN1CCCCC1CCc1ccc2c(ccn2C(=O)OC(C)(C)C)c1. The summed E-state index contributed by atoms with van der Waals surface area (Å²) in [6, 6.07) is 9.09. The second kappa shape index (κ2) is 7.20. The van der Waals surface area contributed by atoms with E-state index in [-0.39, 0.29) is 6.09 Å². The van der Waals surface area contributed by atoms with Crippen molar-refractivity contribution in [3.8, 4) is 0 Å². The van der Waals surface area contributed by atoms with Crippen LogP contribution in [0.4, 0.5) is 4.79 Å². The molecule has 1 saturated heterocycles. The van der Waals surface area contributed by atoms with Crippen molar-refractivity contribution in [1.82, 2.24) is 9.47 Å². The van der Waals surface area contributed by atoms with Gasteiger partial charge in [0.2, 0.25) is 0 Å². The van der Waals surface area contributed by atoms with E-state index in [1.807, 2.05) is 32.9 Å². The van der Waals surface area contributed by atoms with Crippen LogP contribution < -0.4 is 0 Å². The average Bonchev–Trinajstić information content (AvgIpc) is 2.96. The summed E-state index contributed by atoms with van der Waals surface area (Å²) in [6.45, 7) is 6.88. The van der Waals surface area contributed by atoms with Gasteiger partial charge in [-0.3, -0.25) is 4.57 Å². The fourth-order valence-corrected chi connectivity index (χ4v) is 3.66. The zero-order valence-electron chi connectivity index (χ0n) is 15.9. The first-order valence-corrected chi connectivity index (χ1v) is 9.37. The Morgan fingerprint density at radius 2 is 2.04 bits per heavy atom. The number of likely N-dealkylation sites (tertiary alicyclic amines) is 1. The highest BCUT2D eigenvalue weighted by atomic mass is 16.6. The topological polar surface area (TPSA) is 34.5 Å². The largest absolute Gasteiger partial charge is 0.443 e. The second-order valence-electron chi connectivity index (χ2n) is 8.23. The summed E-state index contributed by atoms with van der Waals surface area (Å²) in [5.41, 5.74) is 1.76. The lowest BCUT2D eigenvalue weighted by Crippen LogP contribution is -2.36. The first-order valence-electron chi connectivity index (χ1n) is 9.37. The molecule has 2 aromatic rings. The van der Waals surface area contributed by atoms with Crippen LogP contribution in [0, 0.1) is 0 Å². The Kier molecular flexibility index (Phi) is 5.19. The number of benzene rings is 1. The summed E-state index contributed by atoms with van der Waals surface area (Å²) >= 11 is 0. The number of carbonyl (C=O) groups excluding carboxylic acids is 1. The minimum Gasteiger partial charge on any atom is -0.443 e. The molecule has 136 valence electrons. The molecule has 0 bridgehead atoms. The molecule has 0 amide bonds. The molecule has 1 atom stereocenters. The molecule has 2 heterocycles. The van der Waals surface area contributed by atoms with Gasteiger partial charge in [-0.2, -0.15) is 0 Å². The van der Waals surface area contributed by atoms with E-state index in [1.165, 1.54) is 37.8 Å². The molecule has 1 unspecified atom stereocenters. The van der Waals surface area contributed by atoms with E-state index < -0.39 is 5.60 Å². The number of aromatic nitrogens is 1. The zero-order chi connectivity index (χ0) is 18.0. The van der Waals surface area contributed by atoms with Crippen LogP contribution in [0.1, 0.15) is 52.0 Å². The molecule has 25 heavy (non-hydrogen) atoms. The minimum atomic E-state index is -0.486. The summed E-state index contributed by atoms with van der Waals surface area (Å²) in [6.07, 6.45) is 7.77. The molecule has 1 aromatic heterocycles. The third kappa shape index (κ3) is 4.43. The van der Waals surface area contributed by atoms with Crippen molar-refractivity contribution in [3.63, 3.8) is 0 Å². The van der Waals surface area contributed by atoms with E-state index in [4.69, 9.17) is 4.74 Å². The highest BCUT2D eigenvalue weighted by Gasteiger charge is 2.20. The number of rotatable bonds is 3. The van der Waals surface area contributed by atoms with Gasteiger partial charge in [-0.15, -0.1) is 0 Å². The Morgan fingerprint density at radius 1 is 1.24 bits per heavy atom. The standard InChI is InChI=1S/C21H30N2O2/c1-21(2,3)25-20(24)23-14-12-17-15-16(9-11-19(17)23)8-10-18-7-5-6-13-22(18)4/h9,11-12,14-15,18H,5-8,10,13H2,1-4H3. The lowest BCUT2D eigenvalue weighted by molar-refractivity contribution is 0.0544. The van der Waals surface area contributed by atoms with Crippen molar-refractivity contribution in [2.45, 2.75) is 64.5 Å². The monoisotopic (exact) mass is 342 g/mol. The Bertz CT molecular complexity index is 742. The maximum atomic E-state index is 12.3. The molecule has 1 aliphatic rings. The van der Waals surface area contributed by atoms with E-state index in [0.29, 0.717) is 6.04 Å². The summed E-state index contributed by atoms with van der Waals surface area (Å²) in [4.78, 5) is 14.8. The number of nitrogens with zero attached hydrogens (tertiary/aromatic N) is 2. The summed E-state index contributed by atoms with van der Waals surface area (Å²) in [5, 5.41) is 1.10. The fourth-order valence-electron chi connectivity index (χ4n) is 3.66. The molecule has 0 radical (unpaired) electrons. The fraction of sp³-hybridized carbons (Fsp3) is 0.571. The van der Waals surface area contributed by atoms with Crippen molar-refractivity contribution in [2.75, 3.05) is 13.6 Å². The number of carbonyl (C=O) groups is 1. The lowest BCUT2D eigenvalue weighted by atomic mass is 9.96. The molecule has 4 heteroatoms. The molecule has 4 nitrogen and oxygen atoms in total. The normalized spacial score (nSPS) is 19.3. The molecule has 0 aliphatic carbocycles. The maximum absolute atomic E-state index is 12.3. The number of hydrogen-bond donors (Lipinski definition) is 0. The van der Waals surface area contributed by atoms with Gasteiger partial charge in [0.05, 0.1) is 5.52 Å². The van der Waals surface area contributed by atoms with Crippen molar-refractivity contribution < 1.29 is 9.53 Å². The Balaban J connectivity index is 1.70. The van der Waals surface area contributed by atoms with E-state index in [2.05, 4.69) is 24.1 Å². The quantitative estimate of drug-likeness (QED) is 0.800. The number of ether oxygens (including phenoxy) is 1. The van der Waals surface area contributed by atoms with Crippen molar-refractivity contribution in [2.24, 2.45) is 0 Å². The number of fused-ring (bicyclic) bond motifs is 1. The average molecular weight is 342 g/mol. The van der Waals surface area contributed by atoms with E-state index >= 15 is 0 Å². The second-order valence-corrected chi connectivity index (χ2v) is 8.23. The van der Waals surface area contributed by atoms with Gasteiger partial charge >= 0.3 is 6.09 Å². The van der Waals surface area contributed by atoms with Gasteiger partial charge < -0.3 is 9.64 Å². The number of hydrogen-bond acceptors (Lipinski definition) is 3. The third-order valence-corrected chi connectivity index (χ3v) is 5.03. The highest BCUT2D eigenvalue weighted by molar-refractivity contribution is 5.89. The first kappa shape index (κ1) is 18.0. The van der Waals surface area contributed by atoms with Crippen LogP contribution in [-0.2, 0) is 11.2 Å². The minimum absolute atomic E-state index is 0.320. The van der Waals surface area contributed by atoms with Crippen LogP contribution in [0.2, 0.25) is 0 Å². The smallest absolute Gasteiger partial charge is 0.418 e.